The Kier molecular flexibility index (Phi) is 4.42. The molecule has 0 bridgehead atoms. The van der Waals surface area contributed by atoms with E-state index in [-0.39, 0.29) is 5.91 Å². The number of carbonyl (C=O) groups is 1. The second kappa shape index (κ2) is 6.49. The zero-order chi connectivity index (χ0) is 16.4. The quantitative estimate of drug-likeness (QED) is 0.848. The van der Waals surface area contributed by atoms with Crippen LogP contribution >= 0.6 is 11.3 Å². The summed E-state index contributed by atoms with van der Waals surface area (Å²) in [5.41, 5.74) is 0.866. The van der Waals surface area contributed by atoms with Crippen LogP contribution in [0.3, 0.4) is 0 Å². The van der Waals surface area contributed by atoms with Crippen LogP contribution in [0.15, 0.2) is 12.3 Å². The maximum Gasteiger partial charge on any atom is 0.265 e. The van der Waals surface area contributed by atoms with Crippen molar-refractivity contribution >= 4 is 23.2 Å². The summed E-state index contributed by atoms with van der Waals surface area (Å²) in [4.78, 5) is 30.1. The number of aromatic nitrogens is 3. The molecular formula is C15H19N5O2S. The fourth-order valence-electron chi connectivity index (χ4n) is 2.50. The van der Waals surface area contributed by atoms with Gasteiger partial charge in [0.25, 0.3) is 5.91 Å². The van der Waals surface area contributed by atoms with Gasteiger partial charge < -0.3 is 14.5 Å². The molecule has 1 amide bonds. The summed E-state index contributed by atoms with van der Waals surface area (Å²) in [5, 5.41) is 0.909. The second-order valence-corrected chi connectivity index (χ2v) is 6.61. The van der Waals surface area contributed by atoms with Crippen LogP contribution in [-0.4, -0.2) is 59.0 Å². The summed E-state index contributed by atoms with van der Waals surface area (Å²) in [6.07, 6.45) is 1.66. The number of thiazole rings is 1. The first-order valence-corrected chi connectivity index (χ1v) is 8.25. The van der Waals surface area contributed by atoms with Gasteiger partial charge in [-0.3, -0.25) is 4.79 Å². The average Bonchev–Trinajstić information content (AvgIpc) is 3.00. The Bertz CT molecular complexity index is 710. The van der Waals surface area contributed by atoms with Crippen molar-refractivity contribution in [3.05, 3.63) is 27.8 Å². The first kappa shape index (κ1) is 15.7. The number of hydrogen-bond donors (Lipinski definition) is 0. The summed E-state index contributed by atoms with van der Waals surface area (Å²) in [7, 11) is 1.60. The van der Waals surface area contributed by atoms with Gasteiger partial charge in [-0.25, -0.2) is 9.97 Å². The molecule has 2 aromatic rings. The Hall–Kier alpha value is -2.22. The molecule has 122 valence electrons. The van der Waals surface area contributed by atoms with Crippen molar-refractivity contribution in [1.29, 1.82) is 0 Å². The van der Waals surface area contributed by atoms with Gasteiger partial charge in [-0.1, -0.05) is 0 Å². The average molecular weight is 333 g/mol. The van der Waals surface area contributed by atoms with E-state index in [2.05, 4.69) is 19.9 Å². The molecule has 0 aromatic carbocycles. The third-order valence-electron chi connectivity index (χ3n) is 3.71. The van der Waals surface area contributed by atoms with Gasteiger partial charge in [-0.05, 0) is 13.8 Å². The molecule has 1 aliphatic heterocycles. The van der Waals surface area contributed by atoms with Crippen LogP contribution in [0.5, 0.6) is 5.88 Å². The Labute approximate surface area is 138 Å². The molecule has 1 saturated heterocycles. The first-order chi connectivity index (χ1) is 11.1. The van der Waals surface area contributed by atoms with Gasteiger partial charge in [0, 0.05) is 37.9 Å². The zero-order valence-corrected chi connectivity index (χ0v) is 14.3. The molecule has 0 atom stereocenters. The van der Waals surface area contributed by atoms with E-state index in [1.807, 2.05) is 18.7 Å². The van der Waals surface area contributed by atoms with E-state index in [9.17, 15) is 4.79 Å². The summed E-state index contributed by atoms with van der Waals surface area (Å²) in [6, 6.07) is 1.80. The number of rotatable bonds is 3. The van der Waals surface area contributed by atoms with Crippen molar-refractivity contribution in [3.63, 3.8) is 0 Å². The molecule has 3 rings (SSSR count). The van der Waals surface area contributed by atoms with E-state index >= 15 is 0 Å². The lowest BCUT2D eigenvalue weighted by Gasteiger charge is -2.34. The Morgan fingerprint density at radius 3 is 2.57 bits per heavy atom. The molecule has 23 heavy (non-hydrogen) atoms. The number of piperazine rings is 1. The van der Waals surface area contributed by atoms with E-state index in [1.54, 1.807) is 19.4 Å². The number of carbonyl (C=O) groups excluding carboxylic acids is 1. The van der Waals surface area contributed by atoms with Gasteiger partial charge in [0.1, 0.15) is 4.88 Å². The minimum atomic E-state index is 0.0537. The lowest BCUT2D eigenvalue weighted by molar-refractivity contribution is 0.0751. The highest BCUT2D eigenvalue weighted by atomic mass is 32.1. The molecule has 1 aliphatic rings. The molecule has 0 unspecified atom stereocenters. The molecule has 0 N–H and O–H groups in total. The summed E-state index contributed by atoms with van der Waals surface area (Å²) < 4.78 is 5.20. The normalized spacial score (nSPS) is 14.9. The summed E-state index contributed by atoms with van der Waals surface area (Å²) in [5.74, 6) is 1.27. The highest BCUT2D eigenvalue weighted by Crippen LogP contribution is 2.19. The maximum atomic E-state index is 12.4. The molecule has 7 nitrogen and oxygen atoms in total. The largest absolute Gasteiger partial charge is 0.481 e. The van der Waals surface area contributed by atoms with Gasteiger partial charge in [-0.2, -0.15) is 4.98 Å². The topological polar surface area (TPSA) is 71.5 Å². The van der Waals surface area contributed by atoms with Crippen LogP contribution in [-0.2, 0) is 0 Å². The lowest BCUT2D eigenvalue weighted by Crippen LogP contribution is -2.49. The first-order valence-electron chi connectivity index (χ1n) is 7.43. The van der Waals surface area contributed by atoms with E-state index < -0.39 is 0 Å². The molecule has 0 saturated carbocycles. The van der Waals surface area contributed by atoms with Crippen molar-refractivity contribution in [3.8, 4) is 5.88 Å². The van der Waals surface area contributed by atoms with E-state index in [1.165, 1.54) is 11.3 Å². The molecule has 8 heteroatoms. The highest BCUT2D eigenvalue weighted by Gasteiger charge is 2.25. The fraction of sp³-hybridized carbons (Fsp3) is 0.467. The van der Waals surface area contributed by atoms with Crippen molar-refractivity contribution in [1.82, 2.24) is 19.9 Å². The van der Waals surface area contributed by atoms with E-state index in [4.69, 9.17) is 4.74 Å². The molecule has 2 aromatic heterocycles. The molecule has 1 fully saturated rings. The Balaban J connectivity index is 1.66. The molecule has 0 radical (unpaired) electrons. The van der Waals surface area contributed by atoms with Crippen LogP contribution in [0.4, 0.5) is 5.95 Å². The molecular weight excluding hydrogens is 314 g/mol. The van der Waals surface area contributed by atoms with E-state index in [0.29, 0.717) is 42.9 Å². The standard InChI is InChI=1S/C15H19N5O2S/c1-10-8-13(22-3)18-15(17-10)20-6-4-19(5-7-20)14(21)12-9-16-11(2)23-12/h8-9H,4-7H2,1-3H3. The minimum Gasteiger partial charge on any atom is -0.481 e. The van der Waals surface area contributed by atoms with Gasteiger partial charge >= 0.3 is 0 Å². The smallest absolute Gasteiger partial charge is 0.265 e. The molecule has 3 heterocycles. The van der Waals surface area contributed by atoms with Crippen LogP contribution in [0, 0.1) is 13.8 Å². The van der Waals surface area contributed by atoms with Crippen molar-refractivity contribution in [2.75, 3.05) is 38.2 Å². The van der Waals surface area contributed by atoms with Gasteiger partial charge in [-0.15, -0.1) is 11.3 Å². The van der Waals surface area contributed by atoms with Crippen LogP contribution in [0.1, 0.15) is 20.4 Å². The maximum absolute atomic E-state index is 12.4. The highest BCUT2D eigenvalue weighted by molar-refractivity contribution is 7.13. The second-order valence-electron chi connectivity index (χ2n) is 5.37. The van der Waals surface area contributed by atoms with Crippen molar-refractivity contribution in [2.45, 2.75) is 13.8 Å². The Morgan fingerprint density at radius 1 is 1.22 bits per heavy atom. The van der Waals surface area contributed by atoms with Gasteiger partial charge in [0.2, 0.25) is 11.8 Å². The number of hydrogen-bond acceptors (Lipinski definition) is 7. The minimum absolute atomic E-state index is 0.0537. The van der Waals surface area contributed by atoms with Crippen LogP contribution in [0.25, 0.3) is 0 Å². The fourth-order valence-corrected chi connectivity index (χ4v) is 3.24. The third kappa shape index (κ3) is 3.42. The van der Waals surface area contributed by atoms with E-state index in [0.717, 1.165) is 10.7 Å². The van der Waals surface area contributed by atoms with Gasteiger partial charge in [0.05, 0.1) is 18.3 Å². The SMILES string of the molecule is COc1cc(C)nc(N2CCN(C(=O)c3cnc(C)s3)CC2)n1. The number of amides is 1. The van der Waals surface area contributed by atoms with Crippen molar-refractivity contribution in [2.24, 2.45) is 0 Å². The number of ether oxygens (including phenoxy) is 1. The lowest BCUT2D eigenvalue weighted by atomic mass is 10.3. The number of aryl methyl sites for hydroxylation is 2. The number of anilines is 1. The summed E-state index contributed by atoms with van der Waals surface area (Å²) >= 11 is 1.44. The third-order valence-corrected chi connectivity index (χ3v) is 4.61. The predicted octanol–water partition coefficient (Wildman–Crippen LogP) is 1.52. The monoisotopic (exact) mass is 333 g/mol. The van der Waals surface area contributed by atoms with Crippen LogP contribution < -0.4 is 9.64 Å². The Morgan fingerprint density at radius 2 is 1.96 bits per heavy atom. The predicted molar refractivity (Wildman–Crippen MR) is 88.3 cm³/mol. The summed E-state index contributed by atoms with van der Waals surface area (Å²) in [6.45, 7) is 6.53. The molecule has 0 aliphatic carbocycles. The number of nitrogens with zero attached hydrogens (tertiary/aromatic N) is 5. The molecule has 0 spiro atoms. The number of methoxy groups -OCH3 is 1. The van der Waals surface area contributed by atoms with Crippen molar-refractivity contribution < 1.29 is 9.53 Å². The van der Waals surface area contributed by atoms with Gasteiger partial charge in [0.15, 0.2) is 0 Å². The van der Waals surface area contributed by atoms with Crippen LogP contribution in [0.2, 0.25) is 0 Å². The zero-order valence-electron chi connectivity index (χ0n) is 13.4.